The maximum Gasteiger partial charge on any atom is 0.290 e. The molecule has 37 heavy (non-hydrogen) atoms. The summed E-state index contributed by atoms with van der Waals surface area (Å²) in [5, 5.41) is 12.7. The summed E-state index contributed by atoms with van der Waals surface area (Å²) in [6, 6.07) is 21.2. The molecule has 0 saturated carbocycles. The van der Waals surface area contributed by atoms with Crippen molar-refractivity contribution in [3.8, 4) is 5.75 Å². The van der Waals surface area contributed by atoms with E-state index in [4.69, 9.17) is 9.15 Å². The van der Waals surface area contributed by atoms with Crippen LogP contribution in [0.4, 0.5) is 0 Å². The second-order valence-corrected chi connectivity index (χ2v) is 9.77. The lowest BCUT2D eigenvalue weighted by Crippen LogP contribution is -2.30. The molecule has 1 amide bonds. The Hall–Kier alpha value is -4.30. The van der Waals surface area contributed by atoms with E-state index >= 15 is 0 Å². The number of fused-ring (bicyclic) bond motifs is 2. The minimum atomic E-state index is -0.821. The van der Waals surface area contributed by atoms with Crippen molar-refractivity contribution in [1.82, 2.24) is 9.88 Å². The number of H-pyrrole nitrogens is 1. The number of methoxy groups -OCH3 is 1. The van der Waals surface area contributed by atoms with Crippen LogP contribution in [0, 0.1) is 0 Å². The molecule has 0 fully saturated rings. The quantitative estimate of drug-likeness (QED) is 0.234. The Labute approximate surface area is 220 Å². The molecule has 1 aliphatic rings. The molecule has 0 radical (unpaired) electrons. The Morgan fingerprint density at radius 1 is 1.11 bits per heavy atom. The largest absolute Gasteiger partial charge is 0.503 e. The van der Waals surface area contributed by atoms with Gasteiger partial charge in [0.25, 0.3) is 5.91 Å². The highest BCUT2D eigenvalue weighted by molar-refractivity contribution is 9.10. The van der Waals surface area contributed by atoms with Crippen LogP contribution in [-0.4, -0.2) is 33.8 Å². The third-order valence-electron chi connectivity index (χ3n) is 6.68. The average molecular weight is 557 g/mol. The molecule has 1 aliphatic heterocycles. The molecular weight excluding hydrogens is 536 g/mol. The number of ketones is 1. The number of carbonyl (C=O) groups excluding carboxylic acids is 2. The van der Waals surface area contributed by atoms with Gasteiger partial charge < -0.3 is 24.1 Å². The number of hydrogen-bond acceptors (Lipinski definition) is 5. The van der Waals surface area contributed by atoms with Crippen molar-refractivity contribution >= 4 is 49.5 Å². The number of aliphatic hydroxyl groups excluding tert-OH is 1. The van der Waals surface area contributed by atoms with Gasteiger partial charge in [-0.05, 0) is 48.0 Å². The van der Waals surface area contributed by atoms with Gasteiger partial charge in [-0.1, -0.05) is 46.3 Å². The summed E-state index contributed by atoms with van der Waals surface area (Å²) in [5.74, 6) is -0.981. The topological polar surface area (TPSA) is 95.8 Å². The number of rotatable bonds is 6. The summed E-state index contributed by atoms with van der Waals surface area (Å²) in [6.07, 6.45) is 1.78. The second-order valence-electron chi connectivity index (χ2n) is 8.86. The van der Waals surface area contributed by atoms with Gasteiger partial charge in [0.1, 0.15) is 11.3 Å². The Balaban J connectivity index is 1.47. The van der Waals surface area contributed by atoms with E-state index in [-0.39, 0.29) is 17.9 Å². The zero-order valence-corrected chi connectivity index (χ0v) is 21.3. The van der Waals surface area contributed by atoms with Crippen molar-refractivity contribution in [2.45, 2.75) is 12.6 Å². The summed E-state index contributed by atoms with van der Waals surface area (Å²) < 4.78 is 11.9. The Morgan fingerprint density at radius 3 is 2.68 bits per heavy atom. The van der Waals surface area contributed by atoms with Gasteiger partial charge >= 0.3 is 0 Å². The van der Waals surface area contributed by atoms with Crippen LogP contribution in [0.25, 0.3) is 21.9 Å². The first-order valence-electron chi connectivity index (χ1n) is 11.6. The van der Waals surface area contributed by atoms with E-state index < -0.39 is 23.5 Å². The van der Waals surface area contributed by atoms with E-state index in [1.807, 2.05) is 60.7 Å². The van der Waals surface area contributed by atoms with Crippen molar-refractivity contribution in [1.29, 1.82) is 0 Å². The van der Waals surface area contributed by atoms with E-state index in [0.29, 0.717) is 16.9 Å². The zero-order valence-electron chi connectivity index (χ0n) is 19.7. The molecule has 3 aromatic carbocycles. The lowest BCUT2D eigenvalue weighted by Gasteiger charge is -2.26. The Morgan fingerprint density at radius 2 is 1.89 bits per heavy atom. The molecule has 2 N–H and O–H groups in total. The number of halogens is 1. The summed E-state index contributed by atoms with van der Waals surface area (Å²) in [6.45, 7) is 0.181. The smallest absolute Gasteiger partial charge is 0.290 e. The maximum atomic E-state index is 13.9. The van der Waals surface area contributed by atoms with Gasteiger partial charge in [-0.3, -0.25) is 9.59 Å². The zero-order chi connectivity index (χ0) is 25.7. The molecule has 2 aromatic heterocycles. The number of aromatic nitrogens is 1. The monoisotopic (exact) mass is 556 g/mol. The molecule has 6 rings (SSSR count). The highest BCUT2D eigenvalue weighted by Gasteiger charge is 2.45. The van der Waals surface area contributed by atoms with E-state index in [0.717, 1.165) is 26.3 Å². The number of Topliss-reactive ketones (excluding diaryl/α,β-unsaturated/α-hetero) is 1. The number of amides is 1. The molecule has 0 spiro atoms. The molecule has 0 aliphatic carbocycles. The molecule has 184 valence electrons. The summed E-state index contributed by atoms with van der Waals surface area (Å²) in [4.78, 5) is 32.0. The standard InChI is InChI=1S/C29H21BrN2O5/c1-36-19-9-6-16(7-10-19)15-32-26(21-14-31-22-5-3-2-4-20(21)22)25(28(34)29(32)35)27(33)24-13-17-12-18(30)8-11-23(17)37-24/h2-14,26,31,34H,15H2,1H3. The highest BCUT2D eigenvalue weighted by Crippen LogP contribution is 2.43. The maximum absolute atomic E-state index is 13.9. The number of para-hydroxylation sites is 1. The fourth-order valence-electron chi connectivity index (χ4n) is 4.88. The molecular formula is C29H21BrN2O5. The Bertz CT molecular complexity index is 1710. The number of ether oxygens (including phenoxy) is 1. The van der Waals surface area contributed by atoms with Gasteiger partial charge in [-0.2, -0.15) is 0 Å². The fraction of sp³-hybridized carbons (Fsp3) is 0.103. The van der Waals surface area contributed by atoms with Crippen LogP contribution >= 0.6 is 15.9 Å². The van der Waals surface area contributed by atoms with Gasteiger partial charge in [0.15, 0.2) is 11.5 Å². The van der Waals surface area contributed by atoms with E-state index in [2.05, 4.69) is 20.9 Å². The normalized spacial score (nSPS) is 15.8. The minimum absolute atomic E-state index is 0.0126. The third-order valence-corrected chi connectivity index (χ3v) is 7.17. The number of hydrogen-bond donors (Lipinski definition) is 2. The predicted octanol–water partition coefficient (Wildman–Crippen LogP) is 6.46. The second kappa shape index (κ2) is 8.97. The average Bonchev–Trinajstić information content (AvgIpc) is 3.59. The number of furan rings is 1. The van der Waals surface area contributed by atoms with Gasteiger partial charge in [-0.25, -0.2) is 0 Å². The van der Waals surface area contributed by atoms with Gasteiger partial charge in [0, 0.05) is 39.1 Å². The third kappa shape index (κ3) is 3.90. The van der Waals surface area contributed by atoms with E-state index in [9.17, 15) is 14.7 Å². The van der Waals surface area contributed by atoms with E-state index in [1.54, 1.807) is 25.4 Å². The van der Waals surface area contributed by atoms with Crippen molar-refractivity contribution in [3.63, 3.8) is 0 Å². The molecule has 8 heteroatoms. The molecule has 7 nitrogen and oxygen atoms in total. The molecule has 1 unspecified atom stereocenters. The van der Waals surface area contributed by atoms with Crippen LogP contribution in [0.1, 0.15) is 27.7 Å². The van der Waals surface area contributed by atoms with Crippen molar-refractivity contribution < 1.29 is 23.8 Å². The number of aliphatic hydroxyl groups is 1. The fourth-order valence-corrected chi connectivity index (χ4v) is 5.26. The SMILES string of the molecule is COc1ccc(CN2C(=O)C(O)=C(C(=O)c3cc4cc(Br)ccc4o3)C2c2c[nH]c3ccccc23)cc1. The number of carbonyl (C=O) groups is 2. The van der Waals surface area contributed by atoms with Crippen molar-refractivity contribution in [3.05, 3.63) is 112 Å². The van der Waals surface area contributed by atoms with Crippen LogP contribution in [0.3, 0.4) is 0 Å². The summed E-state index contributed by atoms with van der Waals surface area (Å²) in [7, 11) is 1.59. The highest BCUT2D eigenvalue weighted by atomic mass is 79.9. The minimum Gasteiger partial charge on any atom is -0.503 e. The molecule has 1 atom stereocenters. The number of nitrogens with one attached hydrogen (secondary N) is 1. The van der Waals surface area contributed by atoms with Crippen LogP contribution in [0.2, 0.25) is 0 Å². The Kier molecular flexibility index (Phi) is 5.61. The van der Waals surface area contributed by atoms with Gasteiger partial charge in [0.2, 0.25) is 5.78 Å². The van der Waals surface area contributed by atoms with Crippen LogP contribution in [-0.2, 0) is 11.3 Å². The summed E-state index contributed by atoms with van der Waals surface area (Å²) >= 11 is 3.43. The first-order valence-corrected chi connectivity index (χ1v) is 12.4. The number of benzene rings is 3. The molecule has 0 bridgehead atoms. The predicted molar refractivity (Wildman–Crippen MR) is 142 cm³/mol. The molecule has 3 heterocycles. The van der Waals surface area contributed by atoms with Crippen LogP contribution in [0.5, 0.6) is 5.75 Å². The van der Waals surface area contributed by atoms with E-state index in [1.165, 1.54) is 4.90 Å². The van der Waals surface area contributed by atoms with Crippen molar-refractivity contribution in [2.75, 3.05) is 7.11 Å². The number of aromatic amines is 1. The van der Waals surface area contributed by atoms with Gasteiger partial charge in [-0.15, -0.1) is 0 Å². The first kappa shape index (κ1) is 23.1. The summed E-state index contributed by atoms with van der Waals surface area (Å²) in [5.41, 5.74) is 2.93. The number of nitrogens with zero attached hydrogens (tertiary/aromatic N) is 1. The molecule has 0 saturated heterocycles. The first-order chi connectivity index (χ1) is 17.9. The molecule has 5 aromatic rings. The van der Waals surface area contributed by atoms with Crippen LogP contribution in [0.15, 0.2) is 99.2 Å². The lowest BCUT2D eigenvalue weighted by atomic mass is 9.94. The lowest BCUT2D eigenvalue weighted by molar-refractivity contribution is -0.130. The van der Waals surface area contributed by atoms with Gasteiger partial charge in [0.05, 0.1) is 18.7 Å². The van der Waals surface area contributed by atoms with Crippen molar-refractivity contribution in [2.24, 2.45) is 0 Å². The van der Waals surface area contributed by atoms with Crippen LogP contribution < -0.4 is 4.74 Å².